The van der Waals surface area contributed by atoms with E-state index in [1.54, 1.807) is 7.11 Å². The summed E-state index contributed by atoms with van der Waals surface area (Å²) in [5, 5.41) is 7.49. The zero-order valence-corrected chi connectivity index (χ0v) is 11.6. The highest BCUT2D eigenvalue weighted by Crippen LogP contribution is 2.21. The van der Waals surface area contributed by atoms with Crippen LogP contribution in [0.5, 0.6) is 0 Å². The third kappa shape index (κ3) is 3.32. The molecule has 0 radical (unpaired) electrons. The quantitative estimate of drug-likeness (QED) is 0.835. The van der Waals surface area contributed by atoms with Crippen molar-refractivity contribution in [2.75, 3.05) is 30.8 Å². The smallest absolute Gasteiger partial charge is 0.225 e. The Balaban J connectivity index is 2.33. The Morgan fingerprint density at radius 2 is 2.00 bits per heavy atom. The number of nitrogens with one attached hydrogen (secondary N) is 2. The molecule has 2 N–H and O–H groups in total. The summed E-state index contributed by atoms with van der Waals surface area (Å²) in [6, 6.07) is 7.98. The Bertz CT molecular complexity index is 544. The van der Waals surface area contributed by atoms with Gasteiger partial charge in [-0.05, 0) is 26.0 Å². The third-order valence-corrected chi connectivity index (χ3v) is 2.90. The first-order chi connectivity index (χ1) is 9.24. The van der Waals surface area contributed by atoms with Gasteiger partial charge in [0.25, 0.3) is 0 Å². The van der Waals surface area contributed by atoms with Crippen molar-refractivity contribution in [3.05, 3.63) is 24.3 Å². The van der Waals surface area contributed by atoms with Gasteiger partial charge in [-0.25, -0.2) is 4.98 Å². The molecule has 1 heterocycles. The van der Waals surface area contributed by atoms with E-state index in [9.17, 15) is 0 Å². The number of anilines is 2. The fourth-order valence-corrected chi connectivity index (χ4v) is 1.77. The summed E-state index contributed by atoms with van der Waals surface area (Å²) in [6.45, 7) is 5.55. The molecule has 102 valence electrons. The van der Waals surface area contributed by atoms with Crippen LogP contribution in [0.1, 0.15) is 13.8 Å². The number of nitrogens with zero attached hydrogens (tertiary/aromatic N) is 2. The zero-order valence-electron chi connectivity index (χ0n) is 11.6. The molecule has 0 amide bonds. The molecule has 0 spiro atoms. The Morgan fingerprint density at radius 1 is 1.21 bits per heavy atom. The summed E-state index contributed by atoms with van der Waals surface area (Å²) < 4.78 is 5.24. The van der Waals surface area contributed by atoms with Crippen molar-refractivity contribution >= 4 is 22.7 Å². The van der Waals surface area contributed by atoms with Gasteiger partial charge in [0.05, 0.1) is 11.6 Å². The second-order valence-corrected chi connectivity index (χ2v) is 4.37. The summed E-state index contributed by atoms with van der Waals surface area (Å²) in [7, 11) is 1.70. The normalized spacial score (nSPS) is 12.4. The number of hydrogen-bond acceptors (Lipinski definition) is 5. The number of aromatic nitrogens is 2. The van der Waals surface area contributed by atoms with Crippen LogP contribution >= 0.6 is 0 Å². The lowest BCUT2D eigenvalue weighted by Crippen LogP contribution is -2.19. The molecule has 0 fully saturated rings. The van der Waals surface area contributed by atoms with E-state index in [0.29, 0.717) is 12.5 Å². The van der Waals surface area contributed by atoms with Crippen molar-refractivity contribution < 1.29 is 4.74 Å². The predicted octanol–water partition coefficient (Wildman–Crippen LogP) is 2.51. The summed E-state index contributed by atoms with van der Waals surface area (Å²) in [6.07, 6.45) is 0.135. The molecular weight excluding hydrogens is 240 g/mol. The molecule has 1 aromatic heterocycles. The van der Waals surface area contributed by atoms with Gasteiger partial charge in [0.2, 0.25) is 5.95 Å². The lowest BCUT2D eigenvalue weighted by atomic mass is 10.2. The molecule has 0 aliphatic carbocycles. The maximum absolute atomic E-state index is 5.24. The molecule has 1 atom stereocenters. The highest BCUT2D eigenvalue weighted by molar-refractivity contribution is 5.89. The van der Waals surface area contributed by atoms with Crippen LogP contribution in [0.3, 0.4) is 0 Å². The van der Waals surface area contributed by atoms with Gasteiger partial charge in [-0.1, -0.05) is 12.1 Å². The molecule has 19 heavy (non-hydrogen) atoms. The Labute approximate surface area is 113 Å². The summed E-state index contributed by atoms with van der Waals surface area (Å²) in [5.74, 6) is 1.49. The van der Waals surface area contributed by atoms with Gasteiger partial charge in [0, 0.05) is 25.6 Å². The van der Waals surface area contributed by atoms with Gasteiger partial charge in [0.15, 0.2) is 0 Å². The molecule has 2 aromatic rings. The second-order valence-electron chi connectivity index (χ2n) is 4.37. The molecule has 5 heteroatoms. The van der Waals surface area contributed by atoms with Crippen molar-refractivity contribution in [1.82, 2.24) is 9.97 Å². The maximum atomic E-state index is 5.24. The molecule has 1 unspecified atom stereocenters. The second kappa shape index (κ2) is 6.33. The predicted molar refractivity (Wildman–Crippen MR) is 78.7 cm³/mol. The largest absolute Gasteiger partial charge is 0.380 e. The molecular formula is C14H20N4O. The first kappa shape index (κ1) is 13.5. The third-order valence-electron chi connectivity index (χ3n) is 2.90. The van der Waals surface area contributed by atoms with E-state index in [1.807, 2.05) is 38.1 Å². The number of hydrogen-bond donors (Lipinski definition) is 2. The minimum atomic E-state index is 0.135. The molecule has 0 saturated heterocycles. The van der Waals surface area contributed by atoms with Gasteiger partial charge in [0.1, 0.15) is 5.82 Å². The van der Waals surface area contributed by atoms with Crippen LogP contribution in [-0.2, 0) is 4.74 Å². The lowest BCUT2D eigenvalue weighted by molar-refractivity contribution is 0.128. The first-order valence-electron chi connectivity index (χ1n) is 6.52. The van der Waals surface area contributed by atoms with Crippen molar-refractivity contribution in [3.63, 3.8) is 0 Å². The minimum Gasteiger partial charge on any atom is -0.380 e. The number of rotatable bonds is 6. The summed E-state index contributed by atoms with van der Waals surface area (Å²) in [5.41, 5.74) is 0.931. The van der Waals surface area contributed by atoms with Crippen LogP contribution in [-0.4, -0.2) is 36.3 Å². The van der Waals surface area contributed by atoms with Crippen LogP contribution in [0.4, 0.5) is 11.8 Å². The average Bonchev–Trinajstić information content (AvgIpc) is 2.44. The van der Waals surface area contributed by atoms with E-state index < -0.39 is 0 Å². The highest BCUT2D eigenvalue weighted by atomic mass is 16.5. The van der Waals surface area contributed by atoms with Crippen molar-refractivity contribution in [2.45, 2.75) is 20.0 Å². The first-order valence-corrected chi connectivity index (χ1v) is 6.52. The number of ether oxygens (including phenoxy) is 1. The number of benzene rings is 1. The van der Waals surface area contributed by atoms with E-state index in [-0.39, 0.29) is 6.10 Å². The van der Waals surface area contributed by atoms with E-state index in [1.165, 1.54) is 0 Å². The fourth-order valence-electron chi connectivity index (χ4n) is 1.77. The number of fused-ring (bicyclic) bond motifs is 1. The van der Waals surface area contributed by atoms with Crippen LogP contribution < -0.4 is 10.6 Å². The number of para-hydroxylation sites is 1. The molecule has 0 bridgehead atoms. The monoisotopic (exact) mass is 260 g/mol. The molecule has 5 nitrogen and oxygen atoms in total. The van der Waals surface area contributed by atoms with Gasteiger partial charge in [-0.3, -0.25) is 0 Å². The van der Waals surface area contributed by atoms with Crippen LogP contribution in [0.2, 0.25) is 0 Å². The maximum Gasteiger partial charge on any atom is 0.225 e. The Morgan fingerprint density at radius 3 is 2.74 bits per heavy atom. The lowest BCUT2D eigenvalue weighted by Gasteiger charge is -2.14. The minimum absolute atomic E-state index is 0.135. The van der Waals surface area contributed by atoms with Crippen molar-refractivity contribution in [2.24, 2.45) is 0 Å². The van der Waals surface area contributed by atoms with Crippen LogP contribution in [0, 0.1) is 0 Å². The van der Waals surface area contributed by atoms with Gasteiger partial charge in [-0.2, -0.15) is 4.98 Å². The van der Waals surface area contributed by atoms with E-state index in [4.69, 9.17) is 4.74 Å². The number of methoxy groups -OCH3 is 1. The summed E-state index contributed by atoms with van der Waals surface area (Å²) in [4.78, 5) is 8.99. The Kier molecular flexibility index (Phi) is 4.52. The fraction of sp³-hybridized carbons (Fsp3) is 0.429. The van der Waals surface area contributed by atoms with E-state index in [2.05, 4.69) is 20.6 Å². The SMILES string of the molecule is CCNc1nc(NCC(C)OC)c2ccccc2n1. The molecule has 0 aliphatic rings. The summed E-state index contributed by atoms with van der Waals surface area (Å²) >= 11 is 0. The van der Waals surface area contributed by atoms with Gasteiger partial charge in [-0.15, -0.1) is 0 Å². The van der Waals surface area contributed by atoms with Crippen molar-refractivity contribution in [3.8, 4) is 0 Å². The molecule has 0 aliphatic heterocycles. The Hall–Kier alpha value is -1.88. The van der Waals surface area contributed by atoms with Gasteiger partial charge >= 0.3 is 0 Å². The van der Waals surface area contributed by atoms with Gasteiger partial charge < -0.3 is 15.4 Å². The van der Waals surface area contributed by atoms with E-state index >= 15 is 0 Å². The van der Waals surface area contributed by atoms with Crippen molar-refractivity contribution in [1.29, 1.82) is 0 Å². The molecule has 1 aromatic carbocycles. The molecule has 2 rings (SSSR count). The molecule has 0 saturated carbocycles. The average molecular weight is 260 g/mol. The zero-order chi connectivity index (χ0) is 13.7. The topological polar surface area (TPSA) is 59.1 Å². The van der Waals surface area contributed by atoms with Crippen LogP contribution in [0.15, 0.2) is 24.3 Å². The van der Waals surface area contributed by atoms with E-state index in [0.717, 1.165) is 23.3 Å². The standard InChI is InChI=1S/C14H20N4O/c1-4-15-14-17-12-8-6-5-7-11(12)13(18-14)16-9-10(2)19-3/h5-8,10H,4,9H2,1-3H3,(H2,15,16,17,18). The highest BCUT2D eigenvalue weighted by Gasteiger charge is 2.08. The van der Waals surface area contributed by atoms with Crippen LogP contribution in [0.25, 0.3) is 10.9 Å².